The van der Waals surface area contributed by atoms with E-state index in [1.54, 1.807) is 13.8 Å². The van der Waals surface area contributed by atoms with Crippen LogP contribution >= 0.6 is 0 Å². The van der Waals surface area contributed by atoms with Crippen molar-refractivity contribution in [2.75, 3.05) is 0 Å². The highest BCUT2D eigenvalue weighted by Crippen LogP contribution is 2.24. The second-order valence-corrected chi connectivity index (χ2v) is 6.02. The Morgan fingerprint density at radius 1 is 1.26 bits per heavy atom. The SMILES string of the molecule is Cc1cnc2ccc(BOC(C)(C)C(C)(C)O)cn12. The maximum atomic E-state index is 10.1. The van der Waals surface area contributed by atoms with Gasteiger partial charge in [0.15, 0.2) is 0 Å². The van der Waals surface area contributed by atoms with E-state index < -0.39 is 11.2 Å². The van der Waals surface area contributed by atoms with Gasteiger partial charge in [0.1, 0.15) is 5.65 Å². The molecule has 0 radical (unpaired) electrons. The summed E-state index contributed by atoms with van der Waals surface area (Å²) < 4.78 is 7.90. The molecule has 0 aliphatic rings. The van der Waals surface area contributed by atoms with E-state index in [-0.39, 0.29) is 0 Å². The summed E-state index contributed by atoms with van der Waals surface area (Å²) >= 11 is 0. The van der Waals surface area contributed by atoms with Gasteiger partial charge in [-0.1, -0.05) is 6.07 Å². The van der Waals surface area contributed by atoms with Crippen LogP contribution in [0.3, 0.4) is 0 Å². The molecule has 0 atom stereocenters. The Morgan fingerprint density at radius 3 is 2.58 bits per heavy atom. The minimum Gasteiger partial charge on any atom is -0.427 e. The van der Waals surface area contributed by atoms with Crippen molar-refractivity contribution in [3.8, 4) is 0 Å². The van der Waals surface area contributed by atoms with Gasteiger partial charge < -0.3 is 14.2 Å². The third-order valence-corrected chi connectivity index (χ3v) is 3.82. The minimum atomic E-state index is -0.887. The van der Waals surface area contributed by atoms with Gasteiger partial charge in [-0.25, -0.2) is 4.98 Å². The lowest BCUT2D eigenvalue weighted by Gasteiger charge is -2.37. The summed E-state index contributed by atoms with van der Waals surface area (Å²) in [6.45, 7) is 9.33. The first-order chi connectivity index (χ1) is 8.71. The first-order valence-electron chi connectivity index (χ1n) is 6.50. The molecule has 2 aromatic heterocycles. The highest BCUT2D eigenvalue weighted by atomic mass is 16.5. The summed E-state index contributed by atoms with van der Waals surface area (Å²) in [4.78, 5) is 4.29. The van der Waals surface area contributed by atoms with E-state index in [1.807, 2.05) is 49.7 Å². The zero-order chi connectivity index (χ0) is 14.3. The molecule has 19 heavy (non-hydrogen) atoms. The first kappa shape index (κ1) is 14.1. The van der Waals surface area contributed by atoms with Crippen molar-refractivity contribution in [3.05, 3.63) is 30.2 Å². The van der Waals surface area contributed by atoms with Crippen LogP contribution in [0.5, 0.6) is 0 Å². The molecule has 0 aliphatic carbocycles. The van der Waals surface area contributed by atoms with Crippen molar-refractivity contribution < 1.29 is 9.76 Å². The number of pyridine rings is 1. The normalized spacial score (nSPS) is 12.9. The van der Waals surface area contributed by atoms with Gasteiger partial charge in [-0.2, -0.15) is 0 Å². The molecule has 0 aliphatic heterocycles. The Kier molecular flexibility index (Phi) is 3.45. The molecule has 0 saturated heterocycles. The third-order valence-electron chi connectivity index (χ3n) is 3.82. The predicted molar refractivity (Wildman–Crippen MR) is 78.2 cm³/mol. The molecule has 0 saturated carbocycles. The average molecular weight is 260 g/mol. The van der Waals surface area contributed by atoms with E-state index in [4.69, 9.17) is 4.65 Å². The number of nitrogens with zero attached hydrogens (tertiary/aromatic N) is 2. The fourth-order valence-electron chi connectivity index (χ4n) is 1.67. The maximum Gasteiger partial charge on any atom is 0.310 e. The van der Waals surface area contributed by atoms with Crippen molar-refractivity contribution >= 4 is 18.6 Å². The van der Waals surface area contributed by atoms with E-state index in [2.05, 4.69) is 4.98 Å². The number of imidazole rings is 1. The third kappa shape index (κ3) is 2.82. The van der Waals surface area contributed by atoms with Gasteiger partial charge in [0.2, 0.25) is 0 Å². The Balaban J connectivity index is 2.16. The van der Waals surface area contributed by atoms with Crippen LogP contribution in [-0.2, 0) is 4.65 Å². The summed E-state index contributed by atoms with van der Waals surface area (Å²) in [5.74, 6) is 0. The monoisotopic (exact) mass is 260 g/mol. The summed E-state index contributed by atoms with van der Waals surface area (Å²) in [6.07, 6.45) is 3.87. The quantitative estimate of drug-likeness (QED) is 0.840. The lowest BCUT2D eigenvalue weighted by Crippen LogP contribution is -2.49. The van der Waals surface area contributed by atoms with E-state index >= 15 is 0 Å². The number of aromatic nitrogens is 2. The topological polar surface area (TPSA) is 46.8 Å². The van der Waals surface area contributed by atoms with Crippen molar-refractivity contribution in [3.63, 3.8) is 0 Å². The molecule has 2 rings (SSSR count). The molecule has 0 unspecified atom stereocenters. The average Bonchev–Trinajstić information content (AvgIpc) is 2.67. The molecule has 0 fully saturated rings. The number of hydrogen-bond acceptors (Lipinski definition) is 3. The molecule has 5 heteroatoms. The van der Waals surface area contributed by atoms with Crippen LogP contribution in [0.2, 0.25) is 0 Å². The Hall–Kier alpha value is -1.33. The van der Waals surface area contributed by atoms with E-state index in [9.17, 15) is 5.11 Å². The number of rotatable bonds is 4. The largest absolute Gasteiger partial charge is 0.427 e. The number of hydrogen-bond donors (Lipinski definition) is 1. The Bertz CT molecular complexity index is 585. The molecule has 2 aromatic rings. The van der Waals surface area contributed by atoms with E-state index in [0.29, 0.717) is 7.48 Å². The van der Waals surface area contributed by atoms with Gasteiger partial charge in [0.25, 0.3) is 0 Å². The number of fused-ring (bicyclic) bond motifs is 1. The maximum absolute atomic E-state index is 10.1. The minimum absolute atomic E-state index is 0.463. The van der Waals surface area contributed by atoms with Crippen LogP contribution in [0.25, 0.3) is 5.65 Å². The molecule has 102 valence electrons. The van der Waals surface area contributed by atoms with Crippen LogP contribution in [0, 0.1) is 6.92 Å². The lowest BCUT2D eigenvalue weighted by atomic mass is 9.83. The van der Waals surface area contributed by atoms with Crippen LogP contribution in [0.4, 0.5) is 0 Å². The van der Waals surface area contributed by atoms with Crippen molar-refractivity contribution in [2.45, 2.75) is 45.8 Å². The first-order valence-corrected chi connectivity index (χ1v) is 6.50. The molecule has 4 nitrogen and oxygen atoms in total. The molecule has 0 spiro atoms. The zero-order valence-electron chi connectivity index (χ0n) is 12.3. The molecule has 0 aromatic carbocycles. The van der Waals surface area contributed by atoms with Crippen molar-refractivity contribution in [1.29, 1.82) is 0 Å². The van der Waals surface area contributed by atoms with Crippen LogP contribution in [-0.4, -0.2) is 33.2 Å². The zero-order valence-corrected chi connectivity index (χ0v) is 12.3. The fourth-order valence-corrected chi connectivity index (χ4v) is 1.67. The Morgan fingerprint density at radius 2 is 1.95 bits per heavy atom. The van der Waals surface area contributed by atoms with Gasteiger partial charge in [-0.15, -0.1) is 0 Å². The smallest absolute Gasteiger partial charge is 0.310 e. The van der Waals surface area contributed by atoms with Crippen LogP contribution < -0.4 is 5.46 Å². The highest BCUT2D eigenvalue weighted by Gasteiger charge is 2.35. The van der Waals surface area contributed by atoms with E-state index in [1.165, 1.54) is 0 Å². The van der Waals surface area contributed by atoms with Gasteiger partial charge in [-0.3, -0.25) is 0 Å². The second-order valence-electron chi connectivity index (χ2n) is 6.02. The molecule has 1 N–H and O–H groups in total. The van der Waals surface area contributed by atoms with Crippen LogP contribution in [0.15, 0.2) is 24.5 Å². The Labute approximate surface area is 114 Å². The number of aryl methyl sites for hydroxylation is 1. The number of aliphatic hydroxyl groups is 1. The second kappa shape index (κ2) is 4.65. The van der Waals surface area contributed by atoms with Gasteiger partial charge in [-0.05, 0) is 46.1 Å². The summed E-state index contributed by atoms with van der Waals surface area (Å²) in [5.41, 5.74) is 1.60. The lowest BCUT2D eigenvalue weighted by molar-refractivity contribution is -0.0893. The molecule has 0 bridgehead atoms. The molecular formula is C14H21BN2O2. The standard InChI is InChI=1S/C14H21BN2O2/c1-10-8-16-12-7-6-11(9-17(10)12)15-19-14(4,5)13(2,3)18/h6-9,15,18H,1-5H3. The molecular weight excluding hydrogens is 239 g/mol. The highest BCUT2D eigenvalue weighted by molar-refractivity contribution is 6.46. The van der Waals surface area contributed by atoms with Crippen molar-refractivity contribution in [1.82, 2.24) is 9.38 Å². The van der Waals surface area contributed by atoms with Gasteiger partial charge >= 0.3 is 7.48 Å². The molecule has 2 heterocycles. The van der Waals surface area contributed by atoms with Gasteiger partial charge in [0, 0.05) is 18.1 Å². The summed E-state index contributed by atoms with van der Waals surface area (Å²) in [5, 5.41) is 10.1. The summed E-state index contributed by atoms with van der Waals surface area (Å²) in [6, 6.07) is 3.98. The van der Waals surface area contributed by atoms with Gasteiger partial charge in [0.05, 0.1) is 11.2 Å². The predicted octanol–water partition coefficient (Wildman–Crippen LogP) is 1.19. The van der Waals surface area contributed by atoms with Crippen LogP contribution in [0.1, 0.15) is 33.4 Å². The fraction of sp³-hybridized carbons (Fsp3) is 0.500. The van der Waals surface area contributed by atoms with E-state index in [0.717, 1.165) is 16.8 Å². The summed E-state index contributed by atoms with van der Waals surface area (Å²) in [7, 11) is 0.463. The molecule has 0 amide bonds. The van der Waals surface area contributed by atoms with Crippen molar-refractivity contribution in [2.24, 2.45) is 0 Å².